The molecular formula is C17H17N3O2. The van der Waals surface area contributed by atoms with Crippen LogP contribution in [0, 0.1) is 0 Å². The highest BCUT2D eigenvalue weighted by Gasteiger charge is 2.12. The zero-order chi connectivity index (χ0) is 15.4. The summed E-state index contributed by atoms with van der Waals surface area (Å²) >= 11 is 0. The Morgan fingerprint density at radius 1 is 1.09 bits per heavy atom. The monoisotopic (exact) mass is 295 g/mol. The van der Waals surface area contributed by atoms with Crippen LogP contribution in [-0.2, 0) is 0 Å². The number of aliphatic hydroxyl groups is 1. The molecule has 1 atom stereocenters. The number of anilines is 1. The van der Waals surface area contributed by atoms with E-state index in [0.29, 0.717) is 18.1 Å². The molecule has 0 spiro atoms. The van der Waals surface area contributed by atoms with Crippen molar-refractivity contribution in [3.8, 4) is 5.75 Å². The van der Waals surface area contributed by atoms with Crippen molar-refractivity contribution in [1.29, 1.82) is 0 Å². The molecule has 0 aliphatic carbocycles. The Morgan fingerprint density at radius 3 is 2.64 bits per heavy atom. The summed E-state index contributed by atoms with van der Waals surface area (Å²) in [5.74, 6) is 1.30. The Kier molecular flexibility index (Phi) is 4.16. The van der Waals surface area contributed by atoms with Crippen molar-refractivity contribution in [2.24, 2.45) is 0 Å². The number of hydrogen-bond acceptors (Lipinski definition) is 5. The lowest BCUT2D eigenvalue weighted by Gasteiger charge is -2.15. The number of ether oxygens (including phenoxy) is 1. The molecule has 2 aromatic carbocycles. The van der Waals surface area contributed by atoms with Gasteiger partial charge in [0.1, 0.15) is 11.6 Å². The number of methoxy groups -OCH3 is 1. The van der Waals surface area contributed by atoms with Gasteiger partial charge >= 0.3 is 0 Å². The lowest BCUT2D eigenvalue weighted by molar-refractivity contribution is 0.187. The van der Waals surface area contributed by atoms with Crippen molar-refractivity contribution in [2.75, 3.05) is 19.0 Å². The first-order valence-corrected chi connectivity index (χ1v) is 7.04. The minimum Gasteiger partial charge on any atom is -0.496 e. The van der Waals surface area contributed by atoms with Gasteiger partial charge in [0.15, 0.2) is 0 Å². The van der Waals surface area contributed by atoms with Gasteiger partial charge in [0.05, 0.1) is 30.4 Å². The van der Waals surface area contributed by atoms with Crippen molar-refractivity contribution in [2.45, 2.75) is 6.10 Å². The van der Waals surface area contributed by atoms with E-state index in [4.69, 9.17) is 4.74 Å². The molecule has 0 aliphatic heterocycles. The first-order chi connectivity index (χ1) is 10.8. The fourth-order valence-electron chi connectivity index (χ4n) is 2.30. The van der Waals surface area contributed by atoms with Crippen LogP contribution in [0.4, 0.5) is 5.82 Å². The highest BCUT2D eigenvalue weighted by Crippen LogP contribution is 2.24. The minimum atomic E-state index is -0.690. The van der Waals surface area contributed by atoms with Gasteiger partial charge in [0, 0.05) is 12.1 Å². The van der Waals surface area contributed by atoms with E-state index in [1.807, 2.05) is 48.5 Å². The predicted molar refractivity (Wildman–Crippen MR) is 86.0 cm³/mol. The Morgan fingerprint density at radius 2 is 1.82 bits per heavy atom. The maximum absolute atomic E-state index is 10.3. The number of benzene rings is 2. The van der Waals surface area contributed by atoms with Crippen LogP contribution in [0.3, 0.4) is 0 Å². The topological polar surface area (TPSA) is 67.3 Å². The maximum Gasteiger partial charge on any atom is 0.145 e. The molecule has 0 saturated heterocycles. The van der Waals surface area contributed by atoms with Crippen molar-refractivity contribution in [3.63, 3.8) is 0 Å². The summed E-state index contributed by atoms with van der Waals surface area (Å²) in [6.07, 6.45) is 0.974. The third kappa shape index (κ3) is 2.99. The summed E-state index contributed by atoms with van der Waals surface area (Å²) in [5, 5.41) is 13.4. The standard InChI is InChI=1S/C17H17N3O2/c1-22-16-9-5-2-6-12(16)15(21)10-19-17-11-18-13-7-3-4-8-14(13)20-17/h2-9,11,15,21H,10H2,1H3,(H,19,20). The Balaban J connectivity index is 1.73. The van der Waals surface area contributed by atoms with Crippen LogP contribution in [0.2, 0.25) is 0 Å². The van der Waals surface area contributed by atoms with E-state index < -0.39 is 6.10 Å². The van der Waals surface area contributed by atoms with Crippen LogP contribution in [0.1, 0.15) is 11.7 Å². The fourth-order valence-corrected chi connectivity index (χ4v) is 2.30. The number of rotatable bonds is 5. The van der Waals surface area contributed by atoms with Crippen LogP contribution in [-0.4, -0.2) is 28.7 Å². The Bertz CT molecular complexity index is 776. The van der Waals surface area contributed by atoms with Crippen molar-refractivity contribution >= 4 is 16.9 Å². The summed E-state index contributed by atoms with van der Waals surface area (Å²) in [7, 11) is 1.59. The van der Waals surface area contributed by atoms with E-state index in [1.54, 1.807) is 13.3 Å². The van der Waals surface area contributed by atoms with Gasteiger partial charge in [-0.2, -0.15) is 0 Å². The number of aromatic nitrogens is 2. The number of nitrogens with zero attached hydrogens (tertiary/aromatic N) is 2. The van der Waals surface area contributed by atoms with Crippen molar-refractivity contribution in [1.82, 2.24) is 9.97 Å². The van der Waals surface area contributed by atoms with E-state index in [1.165, 1.54) is 0 Å². The molecule has 5 nitrogen and oxygen atoms in total. The minimum absolute atomic E-state index is 0.327. The van der Waals surface area contributed by atoms with Gasteiger partial charge in [0.25, 0.3) is 0 Å². The predicted octanol–water partition coefficient (Wildman–Crippen LogP) is 2.78. The average molecular weight is 295 g/mol. The second-order valence-corrected chi connectivity index (χ2v) is 4.88. The number of fused-ring (bicyclic) bond motifs is 1. The summed E-state index contributed by atoms with van der Waals surface area (Å²) in [4.78, 5) is 8.80. The quantitative estimate of drug-likeness (QED) is 0.757. The first kappa shape index (κ1) is 14.3. The normalized spacial score (nSPS) is 12.1. The molecule has 2 N–H and O–H groups in total. The summed E-state index contributed by atoms with van der Waals surface area (Å²) in [5.41, 5.74) is 2.41. The van der Waals surface area contributed by atoms with Gasteiger partial charge in [-0.05, 0) is 18.2 Å². The zero-order valence-corrected chi connectivity index (χ0v) is 12.2. The average Bonchev–Trinajstić information content (AvgIpc) is 2.59. The highest BCUT2D eigenvalue weighted by molar-refractivity contribution is 5.75. The van der Waals surface area contributed by atoms with Gasteiger partial charge in [-0.15, -0.1) is 0 Å². The molecule has 0 bridgehead atoms. The summed E-state index contributed by atoms with van der Waals surface area (Å²) in [6, 6.07) is 15.1. The number of nitrogens with one attached hydrogen (secondary N) is 1. The second-order valence-electron chi connectivity index (χ2n) is 4.88. The fraction of sp³-hybridized carbons (Fsp3) is 0.176. The van der Waals surface area contributed by atoms with Gasteiger partial charge in [-0.1, -0.05) is 30.3 Å². The lowest BCUT2D eigenvalue weighted by Crippen LogP contribution is -2.14. The molecule has 0 aliphatic rings. The summed E-state index contributed by atoms with van der Waals surface area (Å²) in [6.45, 7) is 0.327. The number of aliphatic hydroxyl groups excluding tert-OH is 1. The van der Waals surface area contributed by atoms with E-state index in [0.717, 1.165) is 16.6 Å². The van der Waals surface area contributed by atoms with E-state index in [9.17, 15) is 5.11 Å². The number of para-hydroxylation sites is 3. The molecule has 5 heteroatoms. The van der Waals surface area contributed by atoms with Crippen LogP contribution in [0.5, 0.6) is 5.75 Å². The maximum atomic E-state index is 10.3. The van der Waals surface area contributed by atoms with Gasteiger partial charge < -0.3 is 15.2 Å². The molecule has 0 amide bonds. The highest BCUT2D eigenvalue weighted by atomic mass is 16.5. The molecule has 1 aromatic heterocycles. The van der Waals surface area contributed by atoms with Crippen molar-refractivity contribution in [3.05, 3.63) is 60.3 Å². The number of hydrogen-bond donors (Lipinski definition) is 2. The molecule has 0 radical (unpaired) electrons. The van der Waals surface area contributed by atoms with Gasteiger partial charge in [-0.3, -0.25) is 4.98 Å². The molecular weight excluding hydrogens is 278 g/mol. The molecule has 0 saturated carbocycles. The molecule has 3 aromatic rings. The molecule has 0 fully saturated rings. The summed E-state index contributed by atoms with van der Waals surface area (Å²) < 4.78 is 5.26. The van der Waals surface area contributed by atoms with Crippen LogP contribution >= 0.6 is 0 Å². The van der Waals surface area contributed by atoms with Gasteiger partial charge in [-0.25, -0.2) is 4.98 Å². The SMILES string of the molecule is COc1ccccc1C(O)CNc1cnc2ccccc2n1. The van der Waals surface area contributed by atoms with Gasteiger partial charge in [0.2, 0.25) is 0 Å². The van der Waals surface area contributed by atoms with Crippen LogP contribution in [0.25, 0.3) is 11.0 Å². The molecule has 22 heavy (non-hydrogen) atoms. The second kappa shape index (κ2) is 6.41. The lowest BCUT2D eigenvalue weighted by atomic mass is 10.1. The smallest absolute Gasteiger partial charge is 0.145 e. The van der Waals surface area contributed by atoms with Crippen LogP contribution < -0.4 is 10.1 Å². The zero-order valence-electron chi connectivity index (χ0n) is 12.2. The van der Waals surface area contributed by atoms with E-state index >= 15 is 0 Å². The Hall–Kier alpha value is -2.66. The third-order valence-corrected chi connectivity index (χ3v) is 3.42. The van der Waals surface area contributed by atoms with Crippen LogP contribution in [0.15, 0.2) is 54.7 Å². The third-order valence-electron chi connectivity index (χ3n) is 3.42. The molecule has 1 heterocycles. The first-order valence-electron chi connectivity index (χ1n) is 7.04. The molecule has 3 rings (SSSR count). The van der Waals surface area contributed by atoms with E-state index in [-0.39, 0.29) is 0 Å². The molecule has 112 valence electrons. The molecule has 1 unspecified atom stereocenters. The van der Waals surface area contributed by atoms with E-state index in [2.05, 4.69) is 15.3 Å². The largest absolute Gasteiger partial charge is 0.496 e. The Labute approximate surface area is 128 Å². The van der Waals surface area contributed by atoms with Crippen molar-refractivity contribution < 1.29 is 9.84 Å².